The fourth-order valence-corrected chi connectivity index (χ4v) is 2.82. The Balaban J connectivity index is 2.25. The normalized spacial score (nSPS) is 23.1. The Morgan fingerprint density at radius 1 is 1.33 bits per heavy atom. The predicted molar refractivity (Wildman–Crippen MR) is 68.2 cm³/mol. The molecule has 0 N–H and O–H groups in total. The highest BCUT2D eigenvalue weighted by molar-refractivity contribution is 5.92. The lowest BCUT2D eigenvalue weighted by molar-refractivity contribution is -0.141. The lowest BCUT2D eigenvalue weighted by Gasteiger charge is -2.27. The second-order valence-electron chi connectivity index (χ2n) is 4.80. The van der Waals surface area contributed by atoms with Crippen molar-refractivity contribution in [1.82, 2.24) is 0 Å². The zero-order chi connectivity index (χ0) is 13.0. The largest absolute Gasteiger partial charge is 0.469 e. The minimum Gasteiger partial charge on any atom is -0.469 e. The summed E-state index contributed by atoms with van der Waals surface area (Å²) in [5.74, 6) is 0.0163. The second-order valence-corrected chi connectivity index (χ2v) is 4.80. The van der Waals surface area contributed by atoms with Crippen LogP contribution in [0.5, 0.6) is 0 Å². The first-order valence-corrected chi connectivity index (χ1v) is 6.35. The summed E-state index contributed by atoms with van der Waals surface area (Å²) >= 11 is 0. The number of ether oxygens (including phenoxy) is 1. The summed E-state index contributed by atoms with van der Waals surface area (Å²) in [5.41, 5.74) is 0.575. The summed E-state index contributed by atoms with van der Waals surface area (Å²) in [4.78, 5) is 23.6. The van der Waals surface area contributed by atoms with Crippen LogP contribution in [0.1, 0.15) is 37.7 Å². The van der Waals surface area contributed by atoms with Crippen molar-refractivity contribution in [2.24, 2.45) is 0 Å². The van der Waals surface area contributed by atoms with Crippen molar-refractivity contribution >= 4 is 11.8 Å². The highest BCUT2D eigenvalue weighted by atomic mass is 16.5. The maximum absolute atomic E-state index is 12.2. The number of methoxy groups -OCH3 is 1. The number of rotatable bonds is 4. The highest BCUT2D eigenvalue weighted by Crippen LogP contribution is 2.41. The van der Waals surface area contributed by atoms with Crippen LogP contribution in [0, 0.1) is 0 Å². The maximum Gasteiger partial charge on any atom is 0.305 e. The van der Waals surface area contributed by atoms with Gasteiger partial charge in [0.1, 0.15) is 5.78 Å². The summed E-state index contributed by atoms with van der Waals surface area (Å²) in [6, 6.07) is 9.81. The van der Waals surface area contributed by atoms with Crippen molar-refractivity contribution < 1.29 is 14.3 Å². The number of hydrogen-bond acceptors (Lipinski definition) is 3. The number of ketones is 1. The molecule has 18 heavy (non-hydrogen) atoms. The molecule has 96 valence electrons. The van der Waals surface area contributed by atoms with Gasteiger partial charge in [0, 0.05) is 12.8 Å². The topological polar surface area (TPSA) is 43.4 Å². The van der Waals surface area contributed by atoms with E-state index in [1.54, 1.807) is 0 Å². The molecule has 1 aromatic carbocycles. The first-order valence-electron chi connectivity index (χ1n) is 6.35. The van der Waals surface area contributed by atoms with Gasteiger partial charge in [-0.15, -0.1) is 0 Å². The van der Waals surface area contributed by atoms with E-state index in [2.05, 4.69) is 4.74 Å². The second kappa shape index (κ2) is 5.34. The van der Waals surface area contributed by atoms with Gasteiger partial charge in [0.05, 0.1) is 12.5 Å². The van der Waals surface area contributed by atoms with E-state index in [0.29, 0.717) is 19.3 Å². The Morgan fingerprint density at radius 2 is 2.06 bits per heavy atom. The molecule has 0 bridgehead atoms. The van der Waals surface area contributed by atoms with Crippen LogP contribution >= 0.6 is 0 Å². The van der Waals surface area contributed by atoms with Gasteiger partial charge in [-0.25, -0.2) is 0 Å². The number of hydrogen-bond donors (Lipinski definition) is 0. The lowest BCUT2D eigenvalue weighted by Crippen LogP contribution is -2.31. The third-order valence-corrected chi connectivity index (χ3v) is 3.85. The van der Waals surface area contributed by atoms with Crippen LogP contribution in [0.15, 0.2) is 30.3 Å². The molecule has 3 heteroatoms. The van der Waals surface area contributed by atoms with E-state index in [-0.39, 0.29) is 11.8 Å². The van der Waals surface area contributed by atoms with Crippen LogP contribution in [0.2, 0.25) is 0 Å². The van der Waals surface area contributed by atoms with Crippen molar-refractivity contribution in [2.75, 3.05) is 7.11 Å². The highest BCUT2D eigenvalue weighted by Gasteiger charge is 2.43. The summed E-state index contributed by atoms with van der Waals surface area (Å²) < 4.78 is 4.68. The monoisotopic (exact) mass is 246 g/mol. The van der Waals surface area contributed by atoms with Gasteiger partial charge in [-0.2, -0.15) is 0 Å². The molecule has 0 saturated heterocycles. The quantitative estimate of drug-likeness (QED) is 0.767. The van der Waals surface area contributed by atoms with Gasteiger partial charge in [-0.05, 0) is 24.8 Å². The van der Waals surface area contributed by atoms with Crippen molar-refractivity contribution in [3.63, 3.8) is 0 Å². The Labute approximate surface area is 107 Å². The van der Waals surface area contributed by atoms with E-state index >= 15 is 0 Å². The van der Waals surface area contributed by atoms with Crippen molar-refractivity contribution in [3.05, 3.63) is 35.9 Å². The zero-order valence-corrected chi connectivity index (χ0v) is 10.6. The molecule has 1 aromatic rings. The van der Waals surface area contributed by atoms with Crippen molar-refractivity contribution in [1.29, 1.82) is 0 Å². The van der Waals surface area contributed by atoms with E-state index in [1.165, 1.54) is 7.11 Å². The van der Waals surface area contributed by atoms with Gasteiger partial charge >= 0.3 is 5.97 Å². The molecule has 0 amide bonds. The Kier molecular flexibility index (Phi) is 3.80. The van der Waals surface area contributed by atoms with Crippen molar-refractivity contribution in [3.8, 4) is 0 Å². The zero-order valence-electron chi connectivity index (χ0n) is 10.6. The molecule has 0 radical (unpaired) electrons. The third-order valence-electron chi connectivity index (χ3n) is 3.85. The first-order chi connectivity index (χ1) is 8.69. The SMILES string of the molecule is COC(=O)CC[C@@]1(c2ccccc2)CCCC1=O. The molecule has 3 nitrogen and oxygen atoms in total. The summed E-state index contributed by atoms with van der Waals surface area (Å²) in [6.45, 7) is 0. The average Bonchev–Trinajstić information content (AvgIpc) is 2.79. The standard InChI is InChI=1S/C15H18O3/c1-18-14(17)9-11-15(10-5-8-13(15)16)12-6-3-2-4-7-12/h2-4,6-7H,5,8-11H2,1H3/t15-/m1/s1. The fraction of sp³-hybridized carbons (Fsp3) is 0.467. The van der Waals surface area contributed by atoms with E-state index in [1.807, 2.05) is 30.3 Å². The number of benzene rings is 1. The predicted octanol–water partition coefficient (Wildman–Crippen LogP) is 2.63. The van der Waals surface area contributed by atoms with E-state index in [0.717, 1.165) is 18.4 Å². The third kappa shape index (κ3) is 2.30. The summed E-state index contributed by atoms with van der Waals surface area (Å²) in [7, 11) is 1.38. The van der Waals surface area contributed by atoms with Crippen LogP contribution in [0.4, 0.5) is 0 Å². The van der Waals surface area contributed by atoms with Crippen LogP contribution in [-0.4, -0.2) is 18.9 Å². The molecule has 1 saturated carbocycles. The van der Waals surface area contributed by atoms with Crippen LogP contribution < -0.4 is 0 Å². The van der Waals surface area contributed by atoms with Crippen LogP contribution in [0.25, 0.3) is 0 Å². The average molecular weight is 246 g/mol. The molecule has 0 heterocycles. The molecule has 1 aliphatic carbocycles. The van der Waals surface area contributed by atoms with Gasteiger partial charge in [0.15, 0.2) is 0 Å². The van der Waals surface area contributed by atoms with Crippen molar-refractivity contribution in [2.45, 2.75) is 37.5 Å². The first kappa shape index (κ1) is 12.8. The van der Waals surface area contributed by atoms with Gasteiger partial charge in [-0.1, -0.05) is 30.3 Å². The number of carbonyl (C=O) groups is 2. The van der Waals surface area contributed by atoms with E-state index in [9.17, 15) is 9.59 Å². The maximum atomic E-state index is 12.2. The lowest BCUT2D eigenvalue weighted by atomic mass is 9.74. The van der Waals surface area contributed by atoms with Crippen LogP contribution in [-0.2, 0) is 19.7 Å². The van der Waals surface area contributed by atoms with Gasteiger partial charge < -0.3 is 4.74 Å². The fourth-order valence-electron chi connectivity index (χ4n) is 2.82. The molecule has 1 atom stereocenters. The molecular formula is C15H18O3. The molecule has 0 aliphatic heterocycles. The van der Waals surface area contributed by atoms with E-state index < -0.39 is 5.41 Å². The Morgan fingerprint density at radius 3 is 2.61 bits per heavy atom. The Hall–Kier alpha value is -1.64. The van der Waals surface area contributed by atoms with Crippen LogP contribution in [0.3, 0.4) is 0 Å². The smallest absolute Gasteiger partial charge is 0.305 e. The molecule has 1 aliphatic rings. The molecule has 1 fully saturated rings. The minimum atomic E-state index is -0.463. The number of Topliss-reactive ketones (excluding diaryl/α,β-unsaturated/α-hetero) is 1. The number of carbonyl (C=O) groups excluding carboxylic acids is 2. The molecule has 0 unspecified atom stereocenters. The summed E-state index contributed by atoms with van der Waals surface area (Å²) in [5, 5.41) is 0. The summed E-state index contributed by atoms with van der Waals surface area (Å²) in [6.07, 6.45) is 3.23. The van der Waals surface area contributed by atoms with E-state index in [4.69, 9.17) is 0 Å². The van der Waals surface area contributed by atoms with Gasteiger partial charge in [0.2, 0.25) is 0 Å². The molecule has 0 aromatic heterocycles. The molecular weight excluding hydrogens is 228 g/mol. The number of esters is 1. The molecule has 0 spiro atoms. The minimum absolute atomic E-state index is 0.245. The van der Waals surface area contributed by atoms with Gasteiger partial charge in [0.25, 0.3) is 0 Å². The van der Waals surface area contributed by atoms with Gasteiger partial charge in [-0.3, -0.25) is 9.59 Å². The Bertz CT molecular complexity index is 438. The molecule has 2 rings (SSSR count).